The van der Waals surface area contributed by atoms with E-state index in [1.54, 1.807) is 0 Å². The third-order valence-electron chi connectivity index (χ3n) is 9.58. The topological polar surface area (TPSA) is 43.6 Å². The lowest BCUT2D eigenvalue weighted by molar-refractivity contribution is 0.645. The van der Waals surface area contributed by atoms with Gasteiger partial charge in [0.15, 0.2) is 17.5 Å². The van der Waals surface area contributed by atoms with Gasteiger partial charge in [0.05, 0.1) is 11.0 Å². The third-order valence-corrected chi connectivity index (χ3v) is 9.58. The summed E-state index contributed by atoms with van der Waals surface area (Å²) in [5.41, 5.74) is 11.6. The van der Waals surface area contributed by atoms with Gasteiger partial charge in [-0.2, -0.15) is 0 Å². The Morgan fingerprint density at radius 3 is 1.77 bits per heavy atom. The minimum Gasteiger partial charge on any atom is -0.309 e. The zero-order valence-electron chi connectivity index (χ0n) is 26.8. The molecule has 0 spiro atoms. The molecule has 0 radical (unpaired) electrons. The van der Waals surface area contributed by atoms with Crippen LogP contribution in [0.4, 0.5) is 0 Å². The number of para-hydroxylation sites is 1. The Bertz CT molecular complexity index is 2320. The maximum absolute atomic E-state index is 4.94. The number of hydrogen-bond donors (Lipinski definition) is 0. The van der Waals surface area contributed by atoms with Crippen molar-refractivity contribution in [3.05, 3.63) is 163 Å². The highest BCUT2D eigenvalue weighted by Crippen LogP contribution is 2.51. The van der Waals surface area contributed by atoms with Gasteiger partial charge in [-0.05, 0) is 60.0 Å². The Morgan fingerprint density at radius 2 is 1.17 bits per heavy atom. The number of hydrogen-bond acceptors (Lipinski definition) is 3. The summed E-state index contributed by atoms with van der Waals surface area (Å²) in [4.78, 5) is 14.7. The van der Waals surface area contributed by atoms with E-state index in [0.29, 0.717) is 17.5 Å². The summed E-state index contributed by atoms with van der Waals surface area (Å²) in [5.74, 6) is 1.96. The van der Waals surface area contributed by atoms with Crippen LogP contribution in [-0.4, -0.2) is 19.5 Å². The lowest BCUT2D eigenvalue weighted by Crippen LogP contribution is -2.16. The molecular weight excluding hydrogens is 573 g/mol. The maximum Gasteiger partial charge on any atom is 0.164 e. The van der Waals surface area contributed by atoms with E-state index in [-0.39, 0.29) is 5.41 Å². The quantitative estimate of drug-likeness (QED) is 0.177. The van der Waals surface area contributed by atoms with Crippen molar-refractivity contribution in [1.82, 2.24) is 19.5 Å². The highest BCUT2D eigenvalue weighted by Gasteiger charge is 2.37. The Balaban J connectivity index is 1.28. The first kappa shape index (κ1) is 28.6. The van der Waals surface area contributed by atoms with Gasteiger partial charge in [0, 0.05) is 38.6 Å². The summed E-state index contributed by atoms with van der Waals surface area (Å²) < 4.78 is 2.38. The van der Waals surface area contributed by atoms with E-state index in [2.05, 4.69) is 98.7 Å². The normalized spacial score (nSPS) is 13.9. The molecule has 0 atom stereocenters. The van der Waals surface area contributed by atoms with E-state index < -0.39 is 0 Å². The minimum absolute atomic E-state index is 0.111. The highest BCUT2D eigenvalue weighted by molar-refractivity contribution is 6.14. The molecule has 2 heterocycles. The predicted molar refractivity (Wildman–Crippen MR) is 195 cm³/mol. The van der Waals surface area contributed by atoms with Gasteiger partial charge >= 0.3 is 0 Å². The third kappa shape index (κ3) is 4.64. The fraction of sp³-hybridized carbons (Fsp3) is 0.0930. The highest BCUT2D eigenvalue weighted by atomic mass is 15.0. The van der Waals surface area contributed by atoms with Gasteiger partial charge < -0.3 is 4.57 Å². The predicted octanol–water partition coefficient (Wildman–Crippen LogP) is 10.8. The molecule has 0 amide bonds. The van der Waals surface area contributed by atoms with Crippen LogP contribution < -0.4 is 0 Å². The molecule has 0 aliphatic heterocycles. The van der Waals surface area contributed by atoms with Crippen LogP contribution in [0, 0.1) is 0 Å². The summed E-state index contributed by atoms with van der Waals surface area (Å²) in [6, 6.07) is 42.1. The number of nitrogens with zero attached hydrogens (tertiary/aromatic N) is 4. The monoisotopic (exact) mass is 606 g/mol. The summed E-state index contributed by atoms with van der Waals surface area (Å²) in [6.07, 6.45) is 6.09. The molecule has 2 aromatic heterocycles. The molecule has 1 aliphatic carbocycles. The zero-order valence-corrected chi connectivity index (χ0v) is 26.8. The second kappa shape index (κ2) is 11.2. The second-order valence-corrected chi connectivity index (χ2v) is 12.6. The second-order valence-electron chi connectivity index (χ2n) is 12.6. The zero-order chi connectivity index (χ0) is 32.1. The van der Waals surface area contributed by atoms with Crippen LogP contribution in [0.5, 0.6) is 0 Å². The number of fused-ring (bicyclic) bond motifs is 5. The molecule has 4 heteroatoms. The number of benzene rings is 5. The van der Waals surface area contributed by atoms with Gasteiger partial charge in [0.25, 0.3) is 0 Å². The average Bonchev–Trinajstić information content (AvgIpc) is 3.55. The summed E-state index contributed by atoms with van der Waals surface area (Å²) in [6.45, 7) is 10.9. The molecule has 226 valence electrons. The molecule has 0 bridgehead atoms. The van der Waals surface area contributed by atoms with E-state index in [9.17, 15) is 0 Å². The van der Waals surface area contributed by atoms with E-state index in [1.165, 1.54) is 44.1 Å². The molecular formula is C43H34N4. The molecule has 0 unspecified atom stereocenters. The molecule has 5 aromatic carbocycles. The summed E-state index contributed by atoms with van der Waals surface area (Å²) in [5, 5.41) is 2.57. The van der Waals surface area contributed by atoms with Crippen molar-refractivity contribution in [3.63, 3.8) is 0 Å². The number of allylic oxidation sites excluding steroid dienone is 5. The van der Waals surface area contributed by atoms with Crippen molar-refractivity contribution >= 4 is 27.4 Å². The van der Waals surface area contributed by atoms with Gasteiger partial charge in [-0.15, -0.1) is 0 Å². The van der Waals surface area contributed by atoms with Crippen molar-refractivity contribution < 1.29 is 0 Å². The molecule has 0 N–H and O–H groups in total. The minimum atomic E-state index is -0.111. The largest absolute Gasteiger partial charge is 0.309 e. The van der Waals surface area contributed by atoms with Crippen LogP contribution in [0.25, 0.3) is 67.2 Å². The smallest absolute Gasteiger partial charge is 0.164 e. The first-order valence-electron chi connectivity index (χ1n) is 16.0. The molecule has 8 rings (SSSR count). The van der Waals surface area contributed by atoms with Gasteiger partial charge in [-0.1, -0.05) is 129 Å². The Kier molecular flexibility index (Phi) is 6.80. The molecule has 7 aromatic rings. The van der Waals surface area contributed by atoms with Gasteiger partial charge in [-0.25, -0.2) is 15.0 Å². The van der Waals surface area contributed by atoms with Crippen LogP contribution in [-0.2, 0) is 5.41 Å². The van der Waals surface area contributed by atoms with Crippen molar-refractivity contribution in [1.29, 1.82) is 0 Å². The lowest BCUT2D eigenvalue weighted by atomic mass is 9.80. The number of aromatic nitrogens is 4. The average molecular weight is 607 g/mol. The first-order valence-corrected chi connectivity index (χ1v) is 16.0. The first-order chi connectivity index (χ1) is 23.0. The van der Waals surface area contributed by atoms with Crippen LogP contribution >= 0.6 is 0 Å². The van der Waals surface area contributed by atoms with Crippen LogP contribution in [0.15, 0.2) is 152 Å². The SMILES string of the molecule is C=C/C=C\C1=C(C)C(C)(C)c2c1ccc1c2c2ccccc2n1-c1ccc(-c2nc(-c3ccccc3)nc(-c3ccccc3)n2)cc1. The van der Waals surface area contributed by atoms with Crippen LogP contribution in [0.3, 0.4) is 0 Å². The van der Waals surface area contributed by atoms with E-state index in [1.807, 2.05) is 72.8 Å². The lowest BCUT2D eigenvalue weighted by Gasteiger charge is -2.23. The van der Waals surface area contributed by atoms with Crippen LogP contribution in [0.1, 0.15) is 31.9 Å². The van der Waals surface area contributed by atoms with Crippen LogP contribution in [0.2, 0.25) is 0 Å². The standard InChI is InChI=1S/C43H34N4/c1-5-6-19-33-28(2)43(3,4)39-34(33)26-27-37-38(39)35-20-13-14-21-36(35)47(37)32-24-22-31(23-25-32)42-45-40(29-15-9-7-10-16-29)44-41(46-42)30-17-11-8-12-18-30/h5-27H,1H2,2-4H3/b19-6-. The summed E-state index contributed by atoms with van der Waals surface area (Å²) >= 11 is 0. The van der Waals surface area contributed by atoms with Gasteiger partial charge in [0.2, 0.25) is 0 Å². The van der Waals surface area contributed by atoms with E-state index in [0.717, 1.165) is 22.4 Å². The van der Waals surface area contributed by atoms with E-state index >= 15 is 0 Å². The Morgan fingerprint density at radius 1 is 0.617 bits per heavy atom. The fourth-order valence-corrected chi connectivity index (χ4v) is 7.01. The molecule has 47 heavy (non-hydrogen) atoms. The fourth-order valence-electron chi connectivity index (χ4n) is 7.01. The molecule has 0 saturated carbocycles. The van der Waals surface area contributed by atoms with Gasteiger partial charge in [-0.3, -0.25) is 0 Å². The maximum atomic E-state index is 4.94. The molecule has 0 fully saturated rings. The number of rotatable bonds is 6. The molecule has 4 nitrogen and oxygen atoms in total. The van der Waals surface area contributed by atoms with Crippen molar-refractivity contribution in [3.8, 4) is 39.9 Å². The molecule has 1 aliphatic rings. The Labute approximate surface area is 275 Å². The van der Waals surface area contributed by atoms with Crippen molar-refractivity contribution in [2.24, 2.45) is 0 Å². The van der Waals surface area contributed by atoms with Gasteiger partial charge in [0.1, 0.15) is 0 Å². The summed E-state index contributed by atoms with van der Waals surface area (Å²) in [7, 11) is 0. The van der Waals surface area contributed by atoms with E-state index in [4.69, 9.17) is 15.0 Å². The van der Waals surface area contributed by atoms with Crippen molar-refractivity contribution in [2.45, 2.75) is 26.2 Å². The van der Waals surface area contributed by atoms with Crippen molar-refractivity contribution in [2.75, 3.05) is 0 Å². The Hall–Kier alpha value is -5.87. The molecule has 0 saturated heterocycles.